The van der Waals surface area contributed by atoms with Gasteiger partial charge in [0.15, 0.2) is 0 Å². The molecule has 0 heterocycles. The van der Waals surface area contributed by atoms with Gasteiger partial charge in [0.05, 0.1) is 0 Å². The maximum atomic E-state index is 12.7. The molecule has 1 fully saturated rings. The topological polar surface area (TPSA) is 121 Å². The van der Waals surface area contributed by atoms with Crippen molar-refractivity contribution in [3.05, 3.63) is 0 Å². The number of hydrogen-bond donors (Lipinski definition) is 4. The highest BCUT2D eigenvalue weighted by Crippen LogP contribution is 2.56. The Morgan fingerprint density at radius 1 is 0.842 bits per heavy atom. The van der Waals surface area contributed by atoms with Gasteiger partial charge in [-0.15, -0.1) is 0 Å². The van der Waals surface area contributed by atoms with E-state index < -0.39 is 5.41 Å². The van der Waals surface area contributed by atoms with Crippen molar-refractivity contribution < 1.29 is 4.79 Å². The van der Waals surface area contributed by atoms with Crippen LogP contribution < -0.4 is 22.9 Å². The summed E-state index contributed by atoms with van der Waals surface area (Å²) in [6.07, 6.45) is 5.72. The zero-order valence-corrected chi connectivity index (χ0v) is 12.0. The van der Waals surface area contributed by atoms with E-state index >= 15 is 0 Å². The van der Waals surface area contributed by atoms with Crippen molar-refractivity contribution in [1.82, 2.24) is 0 Å². The average Bonchev–Trinajstić information content (AvgIpc) is 2.37. The Morgan fingerprint density at radius 2 is 1.32 bits per heavy atom. The van der Waals surface area contributed by atoms with Crippen LogP contribution in [0.5, 0.6) is 0 Å². The molecule has 0 spiro atoms. The summed E-state index contributed by atoms with van der Waals surface area (Å²) in [5.74, 6) is 0.330. The zero-order chi connectivity index (χ0) is 14.4. The van der Waals surface area contributed by atoms with Gasteiger partial charge in [-0.25, -0.2) is 0 Å². The van der Waals surface area contributed by atoms with Crippen LogP contribution in [0.15, 0.2) is 0 Å². The number of nitrogens with two attached hydrogens (primary N) is 4. The molecule has 0 aliphatic heterocycles. The highest BCUT2D eigenvalue weighted by molar-refractivity contribution is 5.86. The fraction of sp³-hybridized carbons (Fsp3) is 0.929. The Bertz CT molecular complexity index is 276. The molecule has 1 rings (SSSR count). The van der Waals surface area contributed by atoms with E-state index in [9.17, 15) is 4.79 Å². The lowest BCUT2D eigenvalue weighted by molar-refractivity contribution is -0.146. The predicted molar refractivity (Wildman–Crippen MR) is 78.4 cm³/mol. The Morgan fingerprint density at radius 3 is 1.74 bits per heavy atom. The standard InChI is InChI=1S/C14H30N4O/c15-8-4-13(5-9-16)3-1-2-12(19)14(13,6-10-17)7-11-18/h1-11,15-18H2. The summed E-state index contributed by atoms with van der Waals surface area (Å²) in [5.41, 5.74) is 22.7. The first-order valence-corrected chi connectivity index (χ1v) is 7.46. The Balaban J connectivity index is 3.20. The summed E-state index contributed by atoms with van der Waals surface area (Å²) >= 11 is 0. The summed E-state index contributed by atoms with van der Waals surface area (Å²) in [6.45, 7) is 2.21. The molecule has 0 unspecified atom stereocenters. The molecule has 0 saturated heterocycles. The number of ketones is 1. The molecule has 1 aliphatic rings. The van der Waals surface area contributed by atoms with Crippen LogP contribution in [-0.2, 0) is 4.79 Å². The third kappa shape index (κ3) is 2.99. The molecule has 0 amide bonds. The Labute approximate surface area is 116 Å². The third-order valence-corrected chi connectivity index (χ3v) is 5.00. The second-order valence-corrected chi connectivity index (χ2v) is 5.79. The molecule has 5 nitrogen and oxygen atoms in total. The van der Waals surface area contributed by atoms with E-state index in [2.05, 4.69) is 0 Å². The van der Waals surface area contributed by atoms with Gasteiger partial charge in [-0.2, -0.15) is 0 Å². The molecule has 0 aromatic rings. The van der Waals surface area contributed by atoms with Crippen molar-refractivity contribution >= 4 is 5.78 Å². The summed E-state index contributed by atoms with van der Waals surface area (Å²) < 4.78 is 0. The van der Waals surface area contributed by atoms with Crippen LogP contribution in [0.2, 0.25) is 0 Å². The second kappa shape index (κ2) is 7.33. The van der Waals surface area contributed by atoms with E-state index in [1.165, 1.54) is 0 Å². The van der Waals surface area contributed by atoms with E-state index in [0.717, 1.165) is 25.7 Å². The molecular formula is C14H30N4O. The highest BCUT2D eigenvalue weighted by atomic mass is 16.1. The molecule has 0 bridgehead atoms. The van der Waals surface area contributed by atoms with Crippen LogP contribution in [0.1, 0.15) is 44.9 Å². The van der Waals surface area contributed by atoms with E-state index in [0.29, 0.717) is 51.2 Å². The minimum Gasteiger partial charge on any atom is -0.330 e. The summed E-state index contributed by atoms with van der Waals surface area (Å²) in [5, 5.41) is 0. The normalized spacial score (nSPS) is 21.6. The monoisotopic (exact) mass is 270 g/mol. The lowest BCUT2D eigenvalue weighted by atomic mass is 9.50. The fourth-order valence-corrected chi connectivity index (χ4v) is 4.19. The lowest BCUT2D eigenvalue weighted by Crippen LogP contribution is -2.54. The molecule has 1 saturated carbocycles. The van der Waals surface area contributed by atoms with Gasteiger partial charge in [0.2, 0.25) is 0 Å². The highest BCUT2D eigenvalue weighted by Gasteiger charge is 2.54. The van der Waals surface area contributed by atoms with Crippen molar-refractivity contribution in [2.45, 2.75) is 44.9 Å². The summed E-state index contributed by atoms with van der Waals surface area (Å²) in [4.78, 5) is 12.7. The maximum absolute atomic E-state index is 12.7. The minimum absolute atomic E-state index is 0.0927. The molecule has 0 aromatic heterocycles. The van der Waals surface area contributed by atoms with E-state index in [1.807, 2.05) is 0 Å². The number of rotatable bonds is 8. The van der Waals surface area contributed by atoms with Crippen molar-refractivity contribution in [1.29, 1.82) is 0 Å². The van der Waals surface area contributed by atoms with Crippen LogP contribution >= 0.6 is 0 Å². The van der Waals surface area contributed by atoms with Crippen LogP contribution in [0.3, 0.4) is 0 Å². The predicted octanol–water partition coefficient (Wildman–Crippen LogP) is 0.107. The van der Waals surface area contributed by atoms with Crippen molar-refractivity contribution in [2.75, 3.05) is 26.2 Å². The van der Waals surface area contributed by atoms with E-state index in [1.54, 1.807) is 0 Å². The molecule has 0 atom stereocenters. The van der Waals surface area contributed by atoms with Gasteiger partial charge in [0.1, 0.15) is 5.78 Å². The molecule has 0 radical (unpaired) electrons. The fourth-order valence-electron chi connectivity index (χ4n) is 4.19. The van der Waals surface area contributed by atoms with Gasteiger partial charge in [-0.1, -0.05) is 0 Å². The first kappa shape index (κ1) is 16.6. The van der Waals surface area contributed by atoms with Crippen molar-refractivity contribution in [3.63, 3.8) is 0 Å². The van der Waals surface area contributed by atoms with Gasteiger partial charge >= 0.3 is 0 Å². The Kier molecular flexibility index (Phi) is 6.39. The van der Waals surface area contributed by atoms with E-state index in [-0.39, 0.29) is 5.41 Å². The van der Waals surface area contributed by atoms with Crippen molar-refractivity contribution in [2.24, 2.45) is 33.8 Å². The maximum Gasteiger partial charge on any atom is 0.139 e. The average molecular weight is 270 g/mol. The quantitative estimate of drug-likeness (QED) is 0.498. The molecule has 112 valence electrons. The second-order valence-electron chi connectivity index (χ2n) is 5.79. The molecule has 19 heavy (non-hydrogen) atoms. The largest absolute Gasteiger partial charge is 0.330 e. The molecule has 1 aliphatic carbocycles. The van der Waals surface area contributed by atoms with E-state index in [4.69, 9.17) is 22.9 Å². The smallest absolute Gasteiger partial charge is 0.139 e. The molecule has 0 aromatic carbocycles. The Hall–Kier alpha value is -0.490. The van der Waals surface area contributed by atoms with Gasteiger partial charge in [0, 0.05) is 11.8 Å². The molecule has 8 N–H and O–H groups in total. The number of Topliss-reactive ketones (excluding diaryl/α,β-unsaturated/α-hetero) is 1. The van der Waals surface area contributed by atoms with Crippen LogP contribution in [0.4, 0.5) is 0 Å². The van der Waals surface area contributed by atoms with Crippen LogP contribution in [0, 0.1) is 10.8 Å². The summed E-state index contributed by atoms with van der Waals surface area (Å²) in [7, 11) is 0. The van der Waals surface area contributed by atoms with Crippen LogP contribution in [0.25, 0.3) is 0 Å². The zero-order valence-electron chi connectivity index (χ0n) is 12.0. The molecule has 5 heteroatoms. The molecular weight excluding hydrogens is 240 g/mol. The third-order valence-electron chi connectivity index (χ3n) is 5.00. The first-order valence-electron chi connectivity index (χ1n) is 7.46. The SMILES string of the molecule is NCCC1(CCN)CCCC(=O)C1(CCN)CCN. The number of carbonyl (C=O) groups is 1. The van der Waals surface area contributed by atoms with Gasteiger partial charge < -0.3 is 22.9 Å². The van der Waals surface area contributed by atoms with Crippen molar-refractivity contribution in [3.8, 4) is 0 Å². The van der Waals surface area contributed by atoms with Gasteiger partial charge in [-0.3, -0.25) is 4.79 Å². The minimum atomic E-state index is -0.395. The van der Waals surface area contributed by atoms with Gasteiger partial charge in [-0.05, 0) is 70.1 Å². The number of carbonyl (C=O) groups excluding carboxylic acids is 1. The first-order chi connectivity index (χ1) is 9.12. The lowest BCUT2D eigenvalue weighted by Gasteiger charge is -2.53. The van der Waals surface area contributed by atoms with Crippen LogP contribution in [-0.4, -0.2) is 32.0 Å². The summed E-state index contributed by atoms with van der Waals surface area (Å²) in [6, 6.07) is 0. The van der Waals surface area contributed by atoms with Gasteiger partial charge in [0.25, 0.3) is 0 Å². The number of hydrogen-bond acceptors (Lipinski definition) is 5.